The monoisotopic (exact) mass is 447 g/mol. The first-order chi connectivity index (χ1) is 15.5. The zero-order valence-electron chi connectivity index (χ0n) is 17.4. The minimum atomic E-state index is -0.353. The van der Waals surface area contributed by atoms with Gasteiger partial charge < -0.3 is 14.7 Å². The molecule has 7 nitrogen and oxygen atoms in total. The van der Waals surface area contributed by atoms with Gasteiger partial charge in [0.15, 0.2) is 17.1 Å². The fraction of sp³-hybridized carbons (Fsp3) is 0.208. The van der Waals surface area contributed by atoms with Gasteiger partial charge in [-0.15, -0.1) is 11.3 Å². The van der Waals surface area contributed by atoms with Crippen molar-refractivity contribution < 1.29 is 14.6 Å². The second kappa shape index (κ2) is 9.12. The van der Waals surface area contributed by atoms with Crippen molar-refractivity contribution in [1.82, 2.24) is 9.47 Å². The van der Waals surface area contributed by atoms with Gasteiger partial charge in [0.2, 0.25) is 0 Å². The summed E-state index contributed by atoms with van der Waals surface area (Å²) in [5.41, 5.74) is 0.855. The van der Waals surface area contributed by atoms with Crippen molar-refractivity contribution in [2.75, 3.05) is 20.2 Å². The number of rotatable bonds is 4. The number of aromatic hydroxyl groups is 1. The van der Waals surface area contributed by atoms with Gasteiger partial charge in [0.05, 0.1) is 17.3 Å². The third kappa shape index (κ3) is 4.03. The predicted molar refractivity (Wildman–Crippen MR) is 122 cm³/mol. The first-order valence-electron chi connectivity index (χ1n) is 10.1. The number of phenols is 1. The number of phenolic OH excluding ortho intramolecular Hbond substituents is 1. The largest absolute Gasteiger partial charge is 0.504 e. The van der Waals surface area contributed by atoms with Crippen molar-refractivity contribution in [3.05, 3.63) is 73.6 Å². The SMILES string of the molecule is COc1cc(C=c2s/c(=C(/C#N)C(=O)N3CCCC3)n(-c3ccccc3)c2=O)ccc1O. The summed E-state index contributed by atoms with van der Waals surface area (Å²) in [4.78, 5) is 28.1. The third-order valence-corrected chi connectivity index (χ3v) is 6.36. The highest BCUT2D eigenvalue weighted by Crippen LogP contribution is 2.26. The van der Waals surface area contributed by atoms with Crippen molar-refractivity contribution in [1.29, 1.82) is 5.26 Å². The fourth-order valence-corrected chi connectivity index (χ4v) is 4.76. The van der Waals surface area contributed by atoms with Crippen molar-refractivity contribution in [3.63, 3.8) is 0 Å². The average molecular weight is 448 g/mol. The number of benzene rings is 2. The molecule has 2 heterocycles. The molecule has 1 fully saturated rings. The molecule has 4 rings (SSSR count). The molecule has 8 heteroatoms. The molecular formula is C24H21N3O4S. The van der Waals surface area contributed by atoms with E-state index in [4.69, 9.17) is 4.74 Å². The third-order valence-electron chi connectivity index (χ3n) is 5.27. The van der Waals surface area contributed by atoms with E-state index in [-0.39, 0.29) is 28.5 Å². The lowest BCUT2D eigenvalue weighted by Gasteiger charge is -2.14. The molecule has 162 valence electrons. The second-order valence-corrected chi connectivity index (χ2v) is 8.34. The highest BCUT2D eigenvalue weighted by molar-refractivity contribution is 7.07. The molecule has 1 aliphatic rings. The Kier molecular flexibility index (Phi) is 6.10. The van der Waals surface area contributed by atoms with Crippen LogP contribution in [0.2, 0.25) is 0 Å². The number of carbonyl (C=O) groups is 1. The van der Waals surface area contributed by atoms with Crippen LogP contribution in [0.5, 0.6) is 11.5 Å². The number of hydrogen-bond donors (Lipinski definition) is 1. The highest BCUT2D eigenvalue weighted by atomic mass is 32.1. The number of ether oxygens (including phenoxy) is 1. The smallest absolute Gasteiger partial charge is 0.273 e. The zero-order chi connectivity index (χ0) is 22.7. The standard InChI is InChI=1S/C24H21N3O4S/c1-31-20-13-16(9-10-19(20)28)14-21-23(30)27(17-7-3-2-4-8-17)24(32-21)18(15-25)22(29)26-11-5-6-12-26/h2-4,7-10,13-14,28H,5-6,11-12H2,1H3/b21-14?,24-18-. The van der Waals surface area contributed by atoms with Crippen LogP contribution in [0.4, 0.5) is 0 Å². The van der Waals surface area contributed by atoms with Gasteiger partial charge in [0, 0.05) is 13.1 Å². The Hall–Kier alpha value is -3.83. The van der Waals surface area contributed by atoms with Gasteiger partial charge in [-0.3, -0.25) is 14.2 Å². The molecule has 2 aromatic carbocycles. The number of likely N-dealkylation sites (tertiary alicyclic amines) is 1. The Morgan fingerprint density at radius 1 is 1.19 bits per heavy atom. The Morgan fingerprint density at radius 2 is 1.91 bits per heavy atom. The van der Waals surface area contributed by atoms with Gasteiger partial charge in [0.25, 0.3) is 11.5 Å². The Bertz CT molecular complexity index is 1380. The van der Waals surface area contributed by atoms with Crippen LogP contribution in [0.1, 0.15) is 18.4 Å². The minimum absolute atomic E-state index is 0.00507. The Labute approximate surface area is 188 Å². The molecule has 0 saturated carbocycles. The molecular weight excluding hydrogens is 426 g/mol. The van der Waals surface area contributed by atoms with Crippen LogP contribution < -0.4 is 19.5 Å². The molecule has 0 unspecified atom stereocenters. The van der Waals surface area contributed by atoms with E-state index in [9.17, 15) is 20.0 Å². The van der Waals surface area contributed by atoms with Gasteiger partial charge in [-0.05, 0) is 48.7 Å². The summed E-state index contributed by atoms with van der Waals surface area (Å²) in [6.07, 6.45) is 3.47. The van der Waals surface area contributed by atoms with Crippen molar-refractivity contribution in [3.8, 4) is 23.3 Å². The molecule has 1 amide bonds. The summed E-state index contributed by atoms with van der Waals surface area (Å²) in [5.74, 6) is -0.0734. The highest BCUT2D eigenvalue weighted by Gasteiger charge is 2.24. The van der Waals surface area contributed by atoms with Gasteiger partial charge in [-0.2, -0.15) is 5.26 Å². The number of hydrogen-bond acceptors (Lipinski definition) is 6. The van der Waals surface area contributed by atoms with Crippen LogP contribution >= 0.6 is 11.3 Å². The summed E-state index contributed by atoms with van der Waals surface area (Å²) in [6, 6.07) is 15.8. The molecule has 1 N–H and O–H groups in total. The summed E-state index contributed by atoms with van der Waals surface area (Å²) in [6.45, 7) is 1.22. The molecule has 3 aromatic rings. The number of carbonyl (C=O) groups excluding carboxylic acids is 1. The van der Waals surface area contributed by atoms with Crippen LogP contribution in [0.3, 0.4) is 0 Å². The number of nitriles is 1. The summed E-state index contributed by atoms with van der Waals surface area (Å²) in [5, 5.41) is 19.7. The predicted octanol–water partition coefficient (Wildman–Crippen LogP) is 1.74. The van der Waals surface area contributed by atoms with Crippen LogP contribution in [-0.2, 0) is 4.79 Å². The Balaban J connectivity index is 1.99. The number of thiazole rings is 1. The van der Waals surface area contributed by atoms with Crippen LogP contribution in [0.25, 0.3) is 17.3 Å². The summed E-state index contributed by atoms with van der Waals surface area (Å²) < 4.78 is 7.23. The van der Waals surface area contributed by atoms with Gasteiger partial charge >= 0.3 is 0 Å². The van der Waals surface area contributed by atoms with E-state index in [2.05, 4.69) is 0 Å². The topological polar surface area (TPSA) is 95.6 Å². The molecule has 1 aliphatic heterocycles. The molecule has 1 saturated heterocycles. The second-order valence-electron chi connectivity index (χ2n) is 7.31. The van der Waals surface area contributed by atoms with Crippen LogP contribution in [-0.4, -0.2) is 40.7 Å². The number of nitrogens with zero attached hydrogens (tertiary/aromatic N) is 3. The van der Waals surface area contributed by atoms with Crippen molar-refractivity contribution in [2.45, 2.75) is 12.8 Å². The number of amides is 1. The lowest BCUT2D eigenvalue weighted by Crippen LogP contribution is -2.35. The fourth-order valence-electron chi connectivity index (χ4n) is 3.66. The minimum Gasteiger partial charge on any atom is -0.504 e. The van der Waals surface area contributed by atoms with E-state index in [1.54, 1.807) is 47.4 Å². The van der Waals surface area contributed by atoms with Crippen molar-refractivity contribution in [2.24, 2.45) is 0 Å². The maximum atomic E-state index is 13.4. The number of methoxy groups -OCH3 is 1. The van der Waals surface area contributed by atoms with Crippen LogP contribution in [0, 0.1) is 11.3 Å². The quantitative estimate of drug-likeness (QED) is 0.657. The van der Waals surface area contributed by atoms with Gasteiger partial charge in [0.1, 0.15) is 10.7 Å². The van der Waals surface area contributed by atoms with Crippen LogP contribution in [0.15, 0.2) is 53.3 Å². The van der Waals surface area contributed by atoms with Gasteiger partial charge in [-0.1, -0.05) is 24.3 Å². The van der Waals surface area contributed by atoms with Gasteiger partial charge in [-0.25, -0.2) is 0 Å². The molecule has 0 aliphatic carbocycles. The molecule has 1 aromatic heterocycles. The van der Waals surface area contributed by atoms with E-state index in [1.807, 2.05) is 12.1 Å². The van der Waals surface area contributed by atoms with E-state index < -0.39 is 0 Å². The lowest BCUT2D eigenvalue weighted by atomic mass is 10.2. The maximum Gasteiger partial charge on any atom is 0.273 e. The number of aromatic nitrogens is 1. The molecule has 0 bridgehead atoms. The zero-order valence-corrected chi connectivity index (χ0v) is 18.3. The normalized spacial score (nSPS) is 14.9. The first kappa shape index (κ1) is 21.4. The molecule has 0 spiro atoms. The van der Waals surface area contributed by atoms with E-state index >= 15 is 0 Å². The Morgan fingerprint density at radius 3 is 2.56 bits per heavy atom. The average Bonchev–Trinajstić information content (AvgIpc) is 3.45. The first-order valence-corrected chi connectivity index (χ1v) is 10.9. The van der Waals surface area contributed by atoms with E-state index in [0.717, 1.165) is 24.2 Å². The molecule has 32 heavy (non-hydrogen) atoms. The number of para-hydroxylation sites is 1. The summed E-state index contributed by atoms with van der Waals surface area (Å²) >= 11 is 1.10. The molecule has 0 atom stereocenters. The summed E-state index contributed by atoms with van der Waals surface area (Å²) in [7, 11) is 1.45. The van der Waals surface area contributed by atoms with Crippen molar-refractivity contribution >= 4 is 28.9 Å². The van der Waals surface area contributed by atoms with E-state index in [0.29, 0.717) is 33.5 Å². The maximum absolute atomic E-state index is 13.4. The molecule has 0 radical (unpaired) electrons. The van der Waals surface area contributed by atoms with E-state index in [1.165, 1.54) is 17.7 Å². The lowest BCUT2D eigenvalue weighted by molar-refractivity contribution is -0.123.